The van der Waals surface area contributed by atoms with Crippen molar-refractivity contribution in [2.75, 3.05) is 0 Å². The fraction of sp³-hybridized carbons (Fsp3) is 0.143. The maximum Gasteiger partial charge on any atom is 0.229 e. The first-order valence-electron chi connectivity index (χ1n) is 3.35. The van der Waals surface area contributed by atoms with Gasteiger partial charge in [-0.1, -0.05) is 0 Å². The lowest BCUT2D eigenvalue weighted by Gasteiger charge is -1.97. The van der Waals surface area contributed by atoms with Crippen molar-refractivity contribution in [1.82, 2.24) is 14.6 Å². The van der Waals surface area contributed by atoms with Crippen LogP contribution in [-0.2, 0) is 0 Å². The molecule has 2 aromatic heterocycles. The zero-order valence-electron chi connectivity index (χ0n) is 6.25. The van der Waals surface area contributed by atoms with Crippen LogP contribution in [0.1, 0.15) is 5.56 Å². The van der Waals surface area contributed by atoms with E-state index in [9.17, 15) is 0 Å². The molecule has 0 spiro atoms. The van der Waals surface area contributed by atoms with Gasteiger partial charge in [0.2, 0.25) is 5.28 Å². The van der Waals surface area contributed by atoms with E-state index in [2.05, 4.69) is 26.1 Å². The average molecular weight is 246 g/mol. The molecule has 0 aliphatic heterocycles. The molecule has 2 rings (SSSR count). The Morgan fingerprint density at radius 2 is 2.25 bits per heavy atom. The monoisotopic (exact) mass is 245 g/mol. The zero-order valence-corrected chi connectivity index (χ0v) is 8.59. The Bertz CT molecular complexity index is 437. The van der Waals surface area contributed by atoms with E-state index in [0.717, 1.165) is 15.7 Å². The van der Waals surface area contributed by atoms with Gasteiger partial charge >= 0.3 is 0 Å². The van der Waals surface area contributed by atoms with Gasteiger partial charge in [0.05, 0.1) is 0 Å². The number of pyridine rings is 1. The van der Waals surface area contributed by atoms with Gasteiger partial charge in [0.1, 0.15) is 0 Å². The molecule has 0 aliphatic carbocycles. The van der Waals surface area contributed by atoms with Crippen LogP contribution in [0.25, 0.3) is 5.65 Å². The third-order valence-corrected chi connectivity index (χ3v) is 2.31. The van der Waals surface area contributed by atoms with Crippen molar-refractivity contribution in [3.63, 3.8) is 0 Å². The van der Waals surface area contributed by atoms with Gasteiger partial charge in [-0.2, -0.15) is 0 Å². The summed E-state index contributed by atoms with van der Waals surface area (Å²) in [5.74, 6) is 0. The van der Waals surface area contributed by atoms with Crippen LogP contribution < -0.4 is 0 Å². The molecule has 0 N–H and O–H groups in total. The van der Waals surface area contributed by atoms with Gasteiger partial charge in [-0.05, 0) is 46.1 Å². The quantitative estimate of drug-likeness (QED) is 0.715. The summed E-state index contributed by atoms with van der Waals surface area (Å²) in [7, 11) is 0. The summed E-state index contributed by atoms with van der Waals surface area (Å²) in [6.45, 7) is 1.96. The van der Waals surface area contributed by atoms with E-state index in [0.29, 0.717) is 5.28 Å². The van der Waals surface area contributed by atoms with Gasteiger partial charge in [0.25, 0.3) is 0 Å². The van der Waals surface area contributed by atoms with Gasteiger partial charge in [0, 0.05) is 10.7 Å². The number of rotatable bonds is 0. The van der Waals surface area contributed by atoms with Crippen LogP contribution in [0, 0.1) is 6.92 Å². The minimum Gasteiger partial charge on any atom is -0.272 e. The van der Waals surface area contributed by atoms with E-state index in [1.165, 1.54) is 0 Å². The first-order valence-corrected chi connectivity index (χ1v) is 4.52. The second kappa shape index (κ2) is 2.71. The Morgan fingerprint density at radius 3 is 3.00 bits per heavy atom. The van der Waals surface area contributed by atoms with Crippen LogP contribution in [0.15, 0.2) is 16.7 Å². The largest absolute Gasteiger partial charge is 0.272 e. The number of aryl methyl sites for hydroxylation is 1. The lowest BCUT2D eigenvalue weighted by Crippen LogP contribution is -1.87. The highest BCUT2D eigenvalue weighted by Crippen LogP contribution is 2.18. The number of hydrogen-bond acceptors (Lipinski definition) is 2. The molecule has 2 heterocycles. The van der Waals surface area contributed by atoms with Crippen LogP contribution in [0.4, 0.5) is 0 Å². The van der Waals surface area contributed by atoms with Crippen LogP contribution in [0.2, 0.25) is 5.28 Å². The molecule has 0 atom stereocenters. The summed E-state index contributed by atoms with van der Waals surface area (Å²) in [6, 6.07) is 1.97. The molecule has 0 fully saturated rings. The molecular weight excluding hydrogens is 241 g/mol. The molecule has 0 saturated carbocycles. The van der Waals surface area contributed by atoms with Gasteiger partial charge in [-0.25, -0.2) is 0 Å². The Kier molecular flexibility index (Phi) is 1.81. The Morgan fingerprint density at radius 1 is 1.50 bits per heavy atom. The molecule has 0 bridgehead atoms. The van der Waals surface area contributed by atoms with Crippen LogP contribution in [0.3, 0.4) is 0 Å². The van der Waals surface area contributed by atoms with Gasteiger partial charge in [0.15, 0.2) is 5.65 Å². The zero-order chi connectivity index (χ0) is 8.72. The smallest absolute Gasteiger partial charge is 0.229 e. The van der Waals surface area contributed by atoms with Gasteiger partial charge in [-0.15, -0.1) is 10.2 Å². The first-order chi connectivity index (χ1) is 5.68. The molecule has 2 aromatic rings. The predicted molar refractivity (Wildman–Crippen MR) is 50.4 cm³/mol. The van der Waals surface area contributed by atoms with Crippen molar-refractivity contribution >= 4 is 33.2 Å². The SMILES string of the molecule is Cc1cc(Br)cn2c(Cl)nnc12. The van der Waals surface area contributed by atoms with Crippen molar-refractivity contribution in [3.8, 4) is 0 Å². The minimum absolute atomic E-state index is 0.384. The maximum atomic E-state index is 5.79. The molecule has 0 saturated heterocycles. The molecule has 0 unspecified atom stereocenters. The Balaban J connectivity index is 2.92. The maximum absolute atomic E-state index is 5.79. The summed E-state index contributed by atoms with van der Waals surface area (Å²) < 4.78 is 2.70. The standard InChI is InChI=1S/C7H5BrClN3/c1-4-2-5(8)3-12-6(4)10-11-7(12)9/h2-3H,1H3. The number of halogens is 2. The van der Waals surface area contributed by atoms with Crippen LogP contribution in [-0.4, -0.2) is 14.6 Å². The lowest BCUT2D eigenvalue weighted by molar-refractivity contribution is 1.10. The third-order valence-electron chi connectivity index (χ3n) is 1.61. The van der Waals surface area contributed by atoms with E-state index in [4.69, 9.17) is 11.6 Å². The second-order valence-corrected chi connectivity index (χ2v) is 3.76. The highest BCUT2D eigenvalue weighted by atomic mass is 79.9. The molecule has 0 aliphatic rings. The predicted octanol–water partition coefficient (Wildman–Crippen LogP) is 2.45. The van der Waals surface area contributed by atoms with Crippen LogP contribution in [0.5, 0.6) is 0 Å². The van der Waals surface area contributed by atoms with Crippen molar-refractivity contribution in [2.45, 2.75) is 6.92 Å². The van der Waals surface area contributed by atoms with Crippen molar-refractivity contribution < 1.29 is 0 Å². The Hall–Kier alpha value is -0.610. The lowest BCUT2D eigenvalue weighted by atomic mass is 10.3. The van der Waals surface area contributed by atoms with Gasteiger partial charge < -0.3 is 0 Å². The normalized spacial score (nSPS) is 10.9. The molecule has 62 valence electrons. The molecule has 3 nitrogen and oxygen atoms in total. The second-order valence-electron chi connectivity index (χ2n) is 2.50. The molecule has 5 heteroatoms. The van der Waals surface area contributed by atoms with E-state index in [1.54, 1.807) is 4.40 Å². The summed E-state index contributed by atoms with van der Waals surface area (Å²) in [6.07, 6.45) is 1.84. The first kappa shape index (κ1) is 8.01. The summed E-state index contributed by atoms with van der Waals surface area (Å²) in [5, 5.41) is 8.06. The molecule has 0 amide bonds. The average Bonchev–Trinajstić information content (AvgIpc) is 2.33. The third kappa shape index (κ3) is 1.11. The summed E-state index contributed by atoms with van der Waals surface area (Å²) in [5.41, 5.74) is 1.84. The Labute approximate surface area is 82.5 Å². The van der Waals surface area contributed by atoms with E-state index in [-0.39, 0.29) is 0 Å². The fourth-order valence-electron chi connectivity index (χ4n) is 1.09. The van der Waals surface area contributed by atoms with Gasteiger partial charge in [-0.3, -0.25) is 4.40 Å². The van der Waals surface area contributed by atoms with Crippen molar-refractivity contribution in [3.05, 3.63) is 27.6 Å². The highest BCUT2D eigenvalue weighted by molar-refractivity contribution is 9.10. The molecule has 0 aromatic carbocycles. The van der Waals surface area contributed by atoms with Crippen molar-refractivity contribution in [1.29, 1.82) is 0 Å². The fourth-order valence-corrected chi connectivity index (χ4v) is 1.80. The number of hydrogen-bond donors (Lipinski definition) is 0. The number of aromatic nitrogens is 3. The topological polar surface area (TPSA) is 30.2 Å². The van der Waals surface area contributed by atoms with E-state index < -0.39 is 0 Å². The summed E-state index contributed by atoms with van der Waals surface area (Å²) >= 11 is 9.15. The molecular formula is C7H5BrClN3. The highest BCUT2D eigenvalue weighted by Gasteiger charge is 2.05. The van der Waals surface area contributed by atoms with Crippen molar-refractivity contribution in [2.24, 2.45) is 0 Å². The summed E-state index contributed by atoms with van der Waals surface area (Å²) in [4.78, 5) is 0. The minimum atomic E-state index is 0.384. The number of fused-ring (bicyclic) bond motifs is 1. The molecule has 0 radical (unpaired) electrons. The number of nitrogens with zero attached hydrogens (tertiary/aromatic N) is 3. The molecule has 12 heavy (non-hydrogen) atoms. The van der Waals surface area contributed by atoms with E-state index in [1.807, 2.05) is 19.2 Å². The van der Waals surface area contributed by atoms with E-state index >= 15 is 0 Å². The van der Waals surface area contributed by atoms with Crippen LogP contribution >= 0.6 is 27.5 Å².